The maximum atomic E-state index is 12.7. The van der Waals surface area contributed by atoms with Crippen molar-refractivity contribution in [1.29, 1.82) is 0 Å². The van der Waals surface area contributed by atoms with Gasteiger partial charge in [0.15, 0.2) is 5.79 Å². The summed E-state index contributed by atoms with van der Waals surface area (Å²) in [5.74, 6) is -0.801. The summed E-state index contributed by atoms with van der Waals surface area (Å²) in [6.07, 6.45) is 2.72. The van der Waals surface area contributed by atoms with Crippen molar-refractivity contribution in [2.45, 2.75) is 18.6 Å². The van der Waals surface area contributed by atoms with Gasteiger partial charge in [-0.15, -0.1) is 0 Å². The van der Waals surface area contributed by atoms with Crippen molar-refractivity contribution in [3.05, 3.63) is 45.2 Å². The number of nitrogens with zero attached hydrogens (tertiary/aromatic N) is 1. The minimum atomic E-state index is -0.538. The topological polar surface area (TPSA) is 71.6 Å². The van der Waals surface area contributed by atoms with Gasteiger partial charge in [-0.1, -0.05) is 11.6 Å². The molecule has 6 nitrogen and oxygen atoms in total. The molecule has 1 N–H and O–H groups in total. The van der Waals surface area contributed by atoms with Gasteiger partial charge in [-0.2, -0.15) is 0 Å². The molecule has 126 valence electrons. The molecular weight excluding hydrogens is 332 g/mol. The summed E-state index contributed by atoms with van der Waals surface area (Å²) in [4.78, 5) is 30.0. The number of likely N-dealkylation sites (tertiary alicyclic amines) is 1. The quantitative estimate of drug-likeness (QED) is 0.857. The molecule has 0 saturated carbocycles. The second-order valence-electron chi connectivity index (χ2n) is 6.12. The first-order valence-electron chi connectivity index (χ1n) is 7.96. The molecule has 2 saturated heterocycles. The zero-order valence-corrected chi connectivity index (χ0v) is 13.8. The maximum Gasteiger partial charge on any atom is 0.259 e. The van der Waals surface area contributed by atoms with E-state index in [2.05, 4.69) is 4.98 Å². The molecule has 3 heterocycles. The van der Waals surface area contributed by atoms with Gasteiger partial charge in [0.1, 0.15) is 5.56 Å². The number of aromatic nitrogens is 1. The number of benzene rings is 1. The van der Waals surface area contributed by atoms with Crippen LogP contribution in [0.5, 0.6) is 0 Å². The number of ether oxygens (including phenoxy) is 2. The summed E-state index contributed by atoms with van der Waals surface area (Å²) < 4.78 is 11.3. The first kappa shape index (κ1) is 15.6. The van der Waals surface area contributed by atoms with E-state index in [1.807, 2.05) is 0 Å². The summed E-state index contributed by atoms with van der Waals surface area (Å²) >= 11 is 5.93. The molecule has 1 amide bonds. The number of amides is 1. The summed E-state index contributed by atoms with van der Waals surface area (Å²) in [6, 6.07) is 4.96. The van der Waals surface area contributed by atoms with Crippen LogP contribution in [0.25, 0.3) is 10.9 Å². The third kappa shape index (κ3) is 2.60. The Kier molecular flexibility index (Phi) is 3.83. The SMILES string of the molecule is O=C(c1c[nH]c2cc(Cl)ccc2c1=O)N1CCC2(CC1)OCCO2. The van der Waals surface area contributed by atoms with E-state index in [0.717, 1.165) is 0 Å². The molecule has 1 aromatic heterocycles. The second-order valence-corrected chi connectivity index (χ2v) is 6.56. The van der Waals surface area contributed by atoms with Gasteiger partial charge in [0, 0.05) is 42.5 Å². The van der Waals surface area contributed by atoms with E-state index in [1.54, 1.807) is 23.1 Å². The number of carbonyl (C=O) groups excluding carboxylic acids is 1. The molecular formula is C17H17ClN2O4. The van der Waals surface area contributed by atoms with Crippen LogP contribution in [0.2, 0.25) is 5.02 Å². The van der Waals surface area contributed by atoms with Crippen LogP contribution in [0, 0.1) is 0 Å². The lowest BCUT2D eigenvalue weighted by Crippen LogP contribution is -2.48. The molecule has 2 aromatic rings. The highest BCUT2D eigenvalue weighted by molar-refractivity contribution is 6.31. The van der Waals surface area contributed by atoms with Gasteiger partial charge in [0.2, 0.25) is 5.43 Å². The highest BCUT2D eigenvalue weighted by Gasteiger charge is 2.41. The minimum absolute atomic E-state index is 0.147. The maximum absolute atomic E-state index is 12.7. The lowest BCUT2D eigenvalue weighted by Gasteiger charge is -2.37. The van der Waals surface area contributed by atoms with Crippen molar-refractivity contribution in [3.63, 3.8) is 0 Å². The van der Waals surface area contributed by atoms with E-state index in [4.69, 9.17) is 21.1 Å². The van der Waals surface area contributed by atoms with Crippen LogP contribution in [0.1, 0.15) is 23.2 Å². The molecule has 0 unspecified atom stereocenters. The van der Waals surface area contributed by atoms with Crippen LogP contribution in [-0.2, 0) is 9.47 Å². The fourth-order valence-corrected chi connectivity index (χ4v) is 3.53. The third-order valence-electron chi connectivity index (χ3n) is 4.70. The zero-order valence-electron chi connectivity index (χ0n) is 13.0. The number of halogens is 1. The molecule has 0 aliphatic carbocycles. The minimum Gasteiger partial charge on any atom is -0.360 e. The number of aromatic amines is 1. The number of fused-ring (bicyclic) bond motifs is 1. The normalized spacial score (nSPS) is 20.0. The molecule has 0 radical (unpaired) electrons. The molecule has 7 heteroatoms. The van der Waals surface area contributed by atoms with Gasteiger partial charge in [-0.3, -0.25) is 9.59 Å². The average molecular weight is 349 g/mol. The lowest BCUT2D eigenvalue weighted by molar-refractivity contribution is -0.181. The van der Waals surface area contributed by atoms with Crippen LogP contribution in [0.15, 0.2) is 29.2 Å². The van der Waals surface area contributed by atoms with Gasteiger partial charge in [0.05, 0.1) is 18.7 Å². The van der Waals surface area contributed by atoms with E-state index in [0.29, 0.717) is 55.1 Å². The first-order chi connectivity index (χ1) is 11.6. The van der Waals surface area contributed by atoms with Gasteiger partial charge in [0.25, 0.3) is 5.91 Å². The number of carbonyl (C=O) groups is 1. The standard InChI is InChI=1S/C17H17ClN2O4/c18-11-1-2-12-14(9-11)19-10-13(15(12)21)16(22)20-5-3-17(4-6-20)23-7-8-24-17/h1-2,9-10H,3-8H2,(H,19,21). The Hall–Kier alpha value is -1.89. The number of H-pyrrole nitrogens is 1. The molecule has 2 aliphatic rings. The summed E-state index contributed by atoms with van der Waals surface area (Å²) in [5, 5.41) is 0.997. The Morgan fingerprint density at radius 2 is 1.92 bits per heavy atom. The predicted molar refractivity (Wildman–Crippen MR) is 89.4 cm³/mol. The summed E-state index contributed by atoms with van der Waals surface area (Å²) in [6.45, 7) is 2.22. The molecule has 0 atom stereocenters. The highest BCUT2D eigenvalue weighted by Crippen LogP contribution is 2.31. The van der Waals surface area contributed by atoms with Crippen molar-refractivity contribution in [3.8, 4) is 0 Å². The molecule has 24 heavy (non-hydrogen) atoms. The smallest absolute Gasteiger partial charge is 0.259 e. The highest BCUT2D eigenvalue weighted by atomic mass is 35.5. The molecule has 2 fully saturated rings. The largest absolute Gasteiger partial charge is 0.360 e. The van der Waals surface area contributed by atoms with E-state index in [-0.39, 0.29) is 16.9 Å². The molecule has 1 spiro atoms. The van der Waals surface area contributed by atoms with Crippen molar-refractivity contribution >= 4 is 28.4 Å². The van der Waals surface area contributed by atoms with Crippen LogP contribution < -0.4 is 5.43 Å². The summed E-state index contributed by atoms with van der Waals surface area (Å²) in [7, 11) is 0. The molecule has 0 bridgehead atoms. The number of hydrogen-bond donors (Lipinski definition) is 1. The molecule has 1 aromatic carbocycles. The van der Waals surface area contributed by atoms with Crippen LogP contribution >= 0.6 is 11.6 Å². The van der Waals surface area contributed by atoms with Crippen LogP contribution in [0.3, 0.4) is 0 Å². The van der Waals surface area contributed by atoms with Crippen LogP contribution in [0.4, 0.5) is 0 Å². The Morgan fingerprint density at radius 3 is 2.62 bits per heavy atom. The van der Waals surface area contributed by atoms with Crippen molar-refractivity contribution in [1.82, 2.24) is 9.88 Å². The van der Waals surface area contributed by atoms with Crippen molar-refractivity contribution in [2.24, 2.45) is 0 Å². The lowest BCUT2D eigenvalue weighted by atomic mass is 10.0. The van der Waals surface area contributed by atoms with E-state index < -0.39 is 5.79 Å². The van der Waals surface area contributed by atoms with Gasteiger partial charge in [-0.05, 0) is 18.2 Å². The summed E-state index contributed by atoms with van der Waals surface area (Å²) in [5.41, 5.74) is 0.488. The monoisotopic (exact) mass is 348 g/mol. The Balaban J connectivity index is 1.59. The van der Waals surface area contributed by atoms with E-state index >= 15 is 0 Å². The van der Waals surface area contributed by atoms with Gasteiger partial charge < -0.3 is 19.4 Å². The van der Waals surface area contributed by atoms with Crippen LogP contribution in [-0.4, -0.2) is 47.9 Å². The third-order valence-corrected chi connectivity index (χ3v) is 4.93. The van der Waals surface area contributed by atoms with Crippen molar-refractivity contribution < 1.29 is 14.3 Å². The number of rotatable bonds is 1. The van der Waals surface area contributed by atoms with E-state index in [9.17, 15) is 9.59 Å². The average Bonchev–Trinajstić information content (AvgIpc) is 3.03. The Morgan fingerprint density at radius 1 is 1.21 bits per heavy atom. The number of hydrogen-bond acceptors (Lipinski definition) is 4. The van der Waals surface area contributed by atoms with Crippen molar-refractivity contribution in [2.75, 3.05) is 26.3 Å². The van der Waals surface area contributed by atoms with Gasteiger partial charge in [-0.25, -0.2) is 0 Å². The Labute approximate surface area is 143 Å². The predicted octanol–water partition coefficient (Wildman–Crippen LogP) is 2.16. The second kappa shape index (κ2) is 5.88. The number of nitrogens with one attached hydrogen (secondary N) is 1. The number of piperidine rings is 1. The Bertz CT molecular complexity index is 847. The van der Waals surface area contributed by atoms with Gasteiger partial charge >= 0.3 is 0 Å². The van der Waals surface area contributed by atoms with E-state index in [1.165, 1.54) is 6.20 Å². The zero-order chi connectivity index (χ0) is 16.7. The fourth-order valence-electron chi connectivity index (χ4n) is 3.36. The first-order valence-corrected chi connectivity index (χ1v) is 8.34. The number of pyridine rings is 1. The molecule has 2 aliphatic heterocycles. The molecule has 4 rings (SSSR count). The fraction of sp³-hybridized carbons (Fsp3) is 0.412.